The molecule has 0 heterocycles. The van der Waals surface area contributed by atoms with Gasteiger partial charge in [-0.25, -0.2) is 0 Å². The van der Waals surface area contributed by atoms with Gasteiger partial charge in [0, 0.05) is 29.9 Å². The third-order valence-electron chi connectivity index (χ3n) is 3.05. The number of nitrogens with two attached hydrogens (primary N) is 1. The van der Waals surface area contributed by atoms with Gasteiger partial charge in [-0.05, 0) is 42.0 Å². The minimum atomic E-state index is -0.337. The van der Waals surface area contributed by atoms with Crippen molar-refractivity contribution in [2.24, 2.45) is 0 Å². The molecule has 0 saturated carbocycles. The molecule has 0 aliphatic heterocycles. The minimum Gasteiger partial charge on any atom is -0.504 e. The van der Waals surface area contributed by atoms with E-state index in [-0.39, 0.29) is 29.5 Å². The Morgan fingerprint density at radius 3 is 2.57 bits per heavy atom. The molecule has 21 heavy (non-hydrogen) atoms. The molecule has 0 bridgehead atoms. The van der Waals surface area contributed by atoms with E-state index in [0.29, 0.717) is 10.7 Å². The number of benzene rings is 2. The van der Waals surface area contributed by atoms with E-state index >= 15 is 0 Å². The Labute approximate surface area is 127 Å². The van der Waals surface area contributed by atoms with Crippen LogP contribution in [0.2, 0.25) is 5.02 Å². The summed E-state index contributed by atoms with van der Waals surface area (Å²) < 4.78 is 0. The lowest BCUT2D eigenvalue weighted by Crippen LogP contribution is -2.26. The van der Waals surface area contributed by atoms with Gasteiger partial charge in [0.05, 0.1) is 0 Å². The highest BCUT2D eigenvalue weighted by Crippen LogP contribution is 2.26. The number of carbonyl (C=O) groups excluding carboxylic acids is 1. The molecule has 0 fully saturated rings. The maximum atomic E-state index is 12.3. The molecular formula is C15H15ClN2O3. The predicted octanol–water partition coefficient (Wildman–Crippen LogP) is 2.61. The van der Waals surface area contributed by atoms with Crippen LogP contribution in [-0.2, 0) is 6.54 Å². The van der Waals surface area contributed by atoms with Gasteiger partial charge in [0.1, 0.15) is 0 Å². The molecule has 4 N–H and O–H groups in total. The first-order chi connectivity index (χ1) is 9.88. The summed E-state index contributed by atoms with van der Waals surface area (Å²) in [7, 11) is 1.62. The van der Waals surface area contributed by atoms with Gasteiger partial charge in [0.15, 0.2) is 11.5 Å². The first-order valence-corrected chi connectivity index (χ1v) is 6.57. The van der Waals surface area contributed by atoms with Crippen molar-refractivity contribution in [3.05, 3.63) is 52.5 Å². The summed E-state index contributed by atoms with van der Waals surface area (Å²) in [6, 6.07) is 9.00. The summed E-state index contributed by atoms with van der Waals surface area (Å²) in [5.41, 5.74) is 7.27. The molecule has 0 unspecified atom stereocenters. The van der Waals surface area contributed by atoms with Crippen LogP contribution in [0.5, 0.6) is 11.5 Å². The standard InChI is InChI=1S/C15H15ClN2O3/c1-18(8-10-6-11(17)3-4-12(10)16)15(21)9-2-5-13(19)14(20)7-9/h2-7,19-20H,8,17H2,1H3. The number of nitrogens with zero attached hydrogens (tertiary/aromatic N) is 1. The Morgan fingerprint density at radius 2 is 1.90 bits per heavy atom. The summed E-state index contributed by atoms with van der Waals surface area (Å²) in [6.07, 6.45) is 0. The maximum absolute atomic E-state index is 12.3. The second-order valence-electron chi connectivity index (χ2n) is 4.72. The van der Waals surface area contributed by atoms with E-state index < -0.39 is 0 Å². The minimum absolute atomic E-state index is 0.270. The van der Waals surface area contributed by atoms with Crippen LogP contribution in [0.25, 0.3) is 0 Å². The number of anilines is 1. The molecule has 6 heteroatoms. The second-order valence-corrected chi connectivity index (χ2v) is 5.12. The van der Waals surface area contributed by atoms with Gasteiger partial charge in [-0.2, -0.15) is 0 Å². The number of phenols is 2. The number of hydrogen-bond acceptors (Lipinski definition) is 4. The highest BCUT2D eigenvalue weighted by Gasteiger charge is 2.15. The van der Waals surface area contributed by atoms with Crippen LogP contribution in [0.1, 0.15) is 15.9 Å². The summed E-state index contributed by atoms with van der Waals surface area (Å²) in [5, 5.41) is 19.2. The molecule has 2 aromatic rings. The van der Waals surface area contributed by atoms with E-state index in [1.807, 2.05) is 0 Å². The average molecular weight is 307 g/mol. The van der Waals surface area contributed by atoms with Crippen LogP contribution in [-0.4, -0.2) is 28.1 Å². The average Bonchev–Trinajstić information content (AvgIpc) is 2.45. The molecule has 0 aliphatic carbocycles. The lowest BCUT2D eigenvalue weighted by molar-refractivity contribution is 0.0784. The number of carbonyl (C=O) groups is 1. The van der Waals surface area contributed by atoms with Gasteiger partial charge in [-0.3, -0.25) is 4.79 Å². The third kappa shape index (κ3) is 3.38. The summed E-state index contributed by atoms with van der Waals surface area (Å²) in [5.74, 6) is -0.909. The monoisotopic (exact) mass is 306 g/mol. The van der Waals surface area contributed by atoms with Crippen molar-refractivity contribution in [3.63, 3.8) is 0 Å². The molecule has 0 saturated heterocycles. The molecule has 0 radical (unpaired) electrons. The molecule has 0 aliphatic rings. The largest absolute Gasteiger partial charge is 0.504 e. The normalized spacial score (nSPS) is 10.4. The SMILES string of the molecule is CN(Cc1cc(N)ccc1Cl)C(=O)c1ccc(O)c(O)c1. The van der Waals surface area contributed by atoms with Crippen LogP contribution in [0.4, 0.5) is 5.69 Å². The fraction of sp³-hybridized carbons (Fsp3) is 0.133. The summed E-state index contributed by atoms with van der Waals surface area (Å²) in [6.45, 7) is 0.282. The van der Waals surface area contributed by atoms with E-state index in [4.69, 9.17) is 17.3 Å². The molecule has 5 nitrogen and oxygen atoms in total. The lowest BCUT2D eigenvalue weighted by Gasteiger charge is -2.18. The quantitative estimate of drug-likeness (QED) is 0.601. The Balaban J connectivity index is 2.19. The Kier molecular flexibility index (Phi) is 4.23. The Bertz CT molecular complexity index is 689. The van der Waals surface area contributed by atoms with Gasteiger partial charge < -0.3 is 20.8 Å². The van der Waals surface area contributed by atoms with Crippen molar-refractivity contribution in [2.75, 3.05) is 12.8 Å². The van der Waals surface area contributed by atoms with E-state index in [1.54, 1.807) is 25.2 Å². The highest BCUT2D eigenvalue weighted by molar-refractivity contribution is 6.31. The number of phenolic OH excluding ortho intramolecular Hbond substituents is 2. The number of hydrogen-bond donors (Lipinski definition) is 3. The van der Waals surface area contributed by atoms with Crippen LogP contribution < -0.4 is 5.73 Å². The fourth-order valence-electron chi connectivity index (χ4n) is 1.92. The van der Waals surface area contributed by atoms with E-state index in [0.717, 1.165) is 5.56 Å². The van der Waals surface area contributed by atoms with Crippen LogP contribution in [0.15, 0.2) is 36.4 Å². The van der Waals surface area contributed by atoms with Crippen LogP contribution in [0, 0.1) is 0 Å². The molecule has 0 atom stereocenters. The number of nitrogen functional groups attached to an aromatic ring is 1. The number of rotatable bonds is 3. The van der Waals surface area contributed by atoms with Crippen molar-refractivity contribution < 1.29 is 15.0 Å². The lowest BCUT2D eigenvalue weighted by atomic mass is 10.1. The van der Waals surface area contributed by atoms with Gasteiger partial charge in [0.2, 0.25) is 0 Å². The molecular weight excluding hydrogens is 292 g/mol. The zero-order chi connectivity index (χ0) is 15.6. The molecule has 110 valence electrons. The molecule has 0 aromatic heterocycles. The van der Waals surface area contributed by atoms with E-state index in [2.05, 4.69) is 0 Å². The molecule has 0 spiro atoms. The molecule has 1 amide bonds. The Hall–Kier alpha value is -2.40. The van der Waals surface area contributed by atoms with E-state index in [1.165, 1.54) is 23.1 Å². The first kappa shape index (κ1) is 15.0. The van der Waals surface area contributed by atoms with Crippen molar-refractivity contribution in [1.82, 2.24) is 4.90 Å². The summed E-state index contributed by atoms with van der Waals surface area (Å²) in [4.78, 5) is 13.7. The second kappa shape index (κ2) is 5.93. The molecule has 2 aromatic carbocycles. The smallest absolute Gasteiger partial charge is 0.254 e. The van der Waals surface area contributed by atoms with Crippen molar-refractivity contribution >= 4 is 23.2 Å². The number of halogens is 1. The van der Waals surface area contributed by atoms with Gasteiger partial charge in [0.25, 0.3) is 5.91 Å². The van der Waals surface area contributed by atoms with E-state index in [9.17, 15) is 15.0 Å². The zero-order valence-electron chi connectivity index (χ0n) is 11.4. The fourth-order valence-corrected chi connectivity index (χ4v) is 2.10. The van der Waals surface area contributed by atoms with Crippen LogP contribution >= 0.6 is 11.6 Å². The Morgan fingerprint density at radius 1 is 1.19 bits per heavy atom. The topological polar surface area (TPSA) is 86.8 Å². The third-order valence-corrected chi connectivity index (χ3v) is 3.42. The van der Waals surface area contributed by atoms with Gasteiger partial charge >= 0.3 is 0 Å². The van der Waals surface area contributed by atoms with Gasteiger partial charge in [-0.15, -0.1) is 0 Å². The van der Waals surface area contributed by atoms with Crippen molar-refractivity contribution in [1.29, 1.82) is 0 Å². The first-order valence-electron chi connectivity index (χ1n) is 6.20. The maximum Gasteiger partial charge on any atom is 0.254 e. The summed E-state index contributed by atoms with van der Waals surface area (Å²) >= 11 is 6.07. The van der Waals surface area contributed by atoms with Gasteiger partial charge in [-0.1, -0.05) is 11.6 Å². The zero-order valence-corrected chi connectivity index (χ0v) is 12.1. The highest BCUT2D eigenvalue weighted by atomic mass is 35.5. The van der Waals surface area contributed by atoms with Crippen molar-refractivity contribution in [2.45, 2.75) is 6.54 Å². The number of aromatic hydroxyl groups is 2. The van der Waals surface area contributed by atoms with Crippen LogP contribution in [0.3, 0.4) is 0 Å². The molecule has 2 rings (SSSR count). The van der Waals surface area contributed by atoms with Crippen molar-refractivity contribution in [3.8, 4) is 11.5 Å². The predicted molar refractivity (Wildman–Crippen MR) is 81.4 cm³/mol. The number of amides is 1.